The zero-order chi connectivity index (χ0) is 20.3. The third-order valence-electron chi connectivity index (χ3n) is 4.80. The average molecular weight is 373 g/mol. The first kappa shape index (κ1) is 19.2. The van der Waals surface area contributed by atoms with Gasteiger partial charge in [0.25, 0.3) is 5.91 Å². The molecule has 142 valence electrons. The molecule has 1 amide bonds. The average Bonchev–Trinajstić information content (AvgIpc) is 3.26. The van der Waals surface area contributed by atoms with Crippen LogP contribution in [-0.2, 0) is 11.3 Å². The number of rotatable bonds is 5. The molecule has 1 N–H and O–H groups in total. The highest BCUT2D eigenvalue weighted by atomic mass is 16.3. The number of anilines is 1. The maximum atomic E-state index is 12.6. The number of benzene rings is 1. The summed E-state index contributed by atoms with van der Waals surface area (Å²) in [5, 5.41) is 12.4. The normalized spacial score (nSPS) is 11.3. The number of aromatic nitrogens is 1. The lowest BCUT2D eigenvalue weighted by atomic mass is 10.1. The van der Waals surface area contributed by atoms with Gasteiger partial charge in [-0.25, -0.2) is 0 Å². The van der Waals surface area contributed by atoms with Crippen LogP contribution in [-0.4, -0.2) is 10.5 Å². The van der Waals surface area contributed by atoms with Crippen LogP contribution in [0.25, 0.3) is 6.08 Å². The van der Waals surface area contributed by atoms with Crippen molar-refractivity contribution in [3.05, 3.63) is 82.1 Å². The Hall–Kier alpha value is -3.52. The summed E-state index contributed by atoms with van der Waals surface area (Å²) < 4.78 is 7.53. The van der Waals surface area contributed by atoms with Gasteiger partial charge in [0.15, 0.2) is 0 Å². The summed E-state index contributed by atoms with van der Waals surface area (Å²) in [6.07, 6.45) is 3.29. The molecular formula is C23H23N3O2. The molecule has 0 bridgehead atoms. The standard InChI is InChI=1S/C23H23N3O2/c1-15-7-8-22(16(2)10-15)25-23(27)20(13-24)12-19-11-17(3)26(18(19)4)14-21-6-5-9-28-21/h5-12H,14H2,1-4H3,(H,25,27)/b20-12+. The summed E-state index contributed by atoms with van der Waals surface area (Å²) in [6.45, 7) is 8.50. The molecule has 3 aromatic rings. The van der Waals surface area contributed by atoms with Crippen LogP contribution in [0.4, 0.5) is 5.69 Å². The first-order valence-electron chi connectivity index (χ1n) is 9.08. The van der Waals surface area contributed by atoms with Crippen molar-refractivity contribution in [2.24, 2.45) is 0 Å². The van der Waals surface area contributed by atoms with Gasteiger partial charge in [-0.15, -0.1) is 0 Å². The summed E-state index contributed by atoms with van der Waals surface area (Å²) in [4.78, 5) is 12.6. The van der Waals surface area contributed by atoms with E-state index < -0.39 is 5.91 Å². The molecule has 0 radical (unpaired) electrons. The largest absolute Gasteiger partial charge is 0.467 e. The lowest BCUT2D eigenvalue weighted by molar-refractivity contribution is -0.112. The van der Waals surface area contributed by atoms with Crippen molar-refractivity contribution in [3.63, 3.8) is 0 Å². The number of hydrogen-bond donors (Lipinski definition) is 1. The number of amides is 1. The van der Waals surface area contributed by atoms with Crippen molar-refractivity contribution in [1.29, 1.82) is 5.26 Å². The topological polar surface area (TPSA) is 71.0 Å². The number of hydrogen-bond acceptors (Lipinski definition) is 3. The molecule has 0 aliphatic carbocycles. The van der Waals surface area contributed by atoms with Crippen molar-refractivity contribution in [2.75, 3.05) is 5.32 Å². The van der Waals surface area contributed by atoms with Crippen LogP contribution in [0.15, 0.2) is 52.7 Å². The number of carbonyl (C=O) groups excluding carboxylic acids is 1. The molecule has 3 rings (SSSR count). The smallest absolute Gasteiger partial charge is 0.266 e. The van der Waals surface area contributed by atoms with Gasteiger partial charge in [0.05, 0.1) is 12.8 Å². The van der Waals surface area contributed by atoms with E-state index in [1.807, 2.05) is 70.2 Å². The van der Waals surface area contributed by atoms with E-state index >= 15 is 0 Å². The highest BCUT2D eigenvalue weighted by molar-refractivity contribution is 6.10. The second kappa shape index (κ2) is 8.01. The SMILES string of the molecule is Cc1ccc(NC(=O)/C(C#N)=C/c2cc(C)n(Cc3ccco3)c2C)c(C)c1. The van der Waals surface area contributed by atoms with Gasteiger partial charge in [0.1, 0.15) is 17.4 Å². The molecule has 5 nitrogen and oxygen atoms in total. The maximum absolute atomic E-state index is 12.6. The van der Waals surface area contributed by atoms with Crippen LogP contribution in [0.5, 0.6) is 0 Å². The van der Waals surface area contributed by atoms with Crippen molar-refractivity contribution in [3.8, 4) is 6.07 Å². The van der Waals surface area contributed by atoms with Crippen LogP contribution in [0.1, 0.15) is 33.8 Å². The molecular weight excluding hydrogens is 350 g/mol. The number of furan rings is 1. The first-order chi connectivity index (χ1) is 13.4. The second-order valence-corrected chi connectivity index (χ2v) is 6.93. The molecule has 2 heterocycles. The lowest BCUT2D eigenvalue weighted by Crippen LogP contribution is -2.14. The van der Waals surface area contributed by atoms with Gasteiger partial charge in [0, 0.05) is 17.1 Å². The number of nitriles is 1. The van der Waals surface area contributed by atoms with Crippen LogP contribution >= 0.6 is 0 Å². The summed E-state index contributed by atoms with van der Waals surface area (Å²) in [5.74, 6) is 0.440. The molecule has 0 saturated heterocycles. The van der Waals surface area contributed by atoms with E-state index in [4.69, 9.17) is 4.42 Å². The fourth-order valence-electron chi connectivity index (χ4n) is 3.22. The minimum Gasteiger partial charge on any atom is -0.467 e. The molecule has 0 unspecified atom stereocenters. The fraction of sp³-hybridized carbons (Fsp3) is 0.217. The van der Waals surface area contributed by atoms with Crippen LogP contribution in [0.2, 0.25) is 0 Å². The Morgan fingerprint density at radius 1 is 1.21 bits per heavy atom. The summed E-state index contributed by atoms with van der Waals surface area (Å²) in [7, 11) is 0. The predicted octanol–water partition coefficient (Wildman–Crippen LogP) is 4.91. The van der Waals surface area contributed by atoms with Crippen LogP contribution in [0.3, 0.4) is 0 Å². The maximum Gasteiger partial charge on any atom is 0.266 e. The number of carbonyl (C=O) groups is 1. The van der Waals surface area contributed by atoms with Gasteiger partial charge in [0.2, 0.25) is 0 Å². The molecule has 0 aliphatic heterocycles. The predicted molar refractivity (Wildman–Crippen MR) is 110 cm³/mol. The van der Waals surface area contributed by atoms with E-state index in [9.17, 15) is 10.1 Å². The van der Waals surface area contributed by atoms with Crippen LogP contribution < -0.4 is 5.32 Å². The minimum absolute atomic E-state index is 0.0678. The Labute approximate surface area is 164 Å². The quantitative estimate of drug-likeness (QED) is 0.510. The fourth-order valence-corrected chi connectivity index (χ4v) is 3.22. The van der Waals surface area contributed by atoms with Crippen molar-refractivity contribution < 1.29 is 9.21 Å². The van der Waals surface area contributed by atoms with Crippen molar-refractivity contribution >= 4 is 17.7 Å². The summed E-state index contributed by atoms with van der Waals surface area (Å²) in [5.41, 5.74) is 5.71. The van der Waals surface area contributed by atoms with Gasteiger partial charge in [-0.2, -0.15) is 5.26 Å². The van der Waals surface area contributed by atoms with Crippen LogP contribution in [0, 0.1) is 39.0 Å². The summed E-state index contributed by atoms with van der Waals surface area (Å²) >= 11 is 0. The highest BCUT2D eigenvalue weighted by Gasteiger charge is 2.14. The van der Waals surface area contributed by atoms with Crippen molar-refractivity contribution in [2.45, 2.75) is 34.2 Å². The molecule has 0 saturated carbocycles. The Kier molecular flexibility index (Phi) is 5.51. The van der Waals surface area contributed by atoms with E-state index in [1.165, 1.54) is 0 Å². The molecule has 0 atom stereocenters. The minimum atomic E-state index is -0.412. The van der Waals surface area contributed by atoms with Crippen molar-refractivity contribution in [1.82, 2.24) is 4.57 Å². The Balaban J connectivity index is 1.86. The van der Waals surface area contributed by atoms with Gasteiger partial charge in [-0.05, 0) is 69.2 Å². The zero-order valence-electron chi connectivity index (χ0n) is 16.5. The first-order valence-corrected chi connectivity index (χ1v) is 9.08. The lowest BCUT2D eigenvalue weighted by Gasteiger charge is -2.09. The molecule has 1 aromatic carbocycles. The second-order valence-electron chi connectivity index (χ2n) is 6.93. The van der Waals surface area contributed by atoms with E-state index in [1.54, 1.807) is 12.3 Å². The molecule has 2 aromatic heterocycles. The number of aryl methyl sites for hydroxylation is 3. The third-order valence-corrected chi connectivity index (χ3v) is 4.80. The summed E-state index contributed by atoms with van der Waals surface area (Å²) in [6, 6.07) is 13.6. The van der Waals surface area contributed by atoms with Gasteiger partial charge in [-0.3, -0.25) is 4.79 Å². The van der Waals surface area contributed by atoms with E-state index in [0.29, 0.717) is 12.2 Å². The highest BCUT2D eigenvalue weighted by Crippen LogP contribution is 2.21. The molecule has 0 spiro atoms. The van der Waals surface area contributed by atoms with E-state index in [0.717, 1.165) is 33.8 Å². The van der Waals surface area contributed by atoms with E-state index in [2.05, 4.69) is 9.88 Å². The number of nitrogens with one attached hydrogen (secondary N) is 1. The van der Waals surface area contributed by atoms with Gasteiger partial charge in [-0.1, -0.05) is 17.7 Å². The van der Waals surface area contributed by atoms with Gasteiger partial charge >= 0.3 is 0 Å². The third kappa shape index (κ3) is 4.07. The Morgan fingerprint density at radius 3 is 2.64 bits per heavy atom. The van der Waals surface area contributed by atoms with E-state index in [-0.39, 0.29) is 5.57 Å². The number of nitrogens with zero attached hydrogens (tertiary/aromatic N) is 2. The van der Waals surface area contributed by atoms with Gasteiger partial charge < -0.3 is 14.3 Å². The zero-order valence-corrected chi connectivity index (χ0v) is 16.5. The molecule has 28 heavy (non-hydrogen) atoms. The molecule has 0 aliphatic rings. The molecule has 5 heteroatoms. The Morgan fingerprint density at radius 2 is 2.00 bits per heavy atom. The monoisotopic (exact) mass is 373 g/mol. The Bertz CT molecular complexity index is 1080. The molecule has 0 fully saturated rings.